The molecular formula is C6H11F3O5SSi. The van der Waals surface area contributed by atoms with Gasteiger partial charge in [0.1, 0.15) is 0 Å². The van der Waals surface area contributed by atoms with Crippen LogP contribution in [0, 0.1) is 0 Å². The highest BCUT2D eigenvalue weighted by atomic mass is 32.2. The number of rotatable bonds is 7. The standard InChI is InChI=1S/C6H11F3O5SSi/c1-3-12-5(13-4-2)16-14-15(10,11)6(7,8)9/h5H,3-4H2,1-2H3. The van der Waals surface area contributed by atoms with Gasteiger partial charge in [-0.25, -0.2) is 0 Å². The van der Waals surface area contributed by atoms with Gasteiger partial charge in [-0.15, -0.1) is 0 Å². The second-order valence-electron chi connectivity index (χ2n) is 2.34. The molecule has 0 saturated carbocycles. The van der Waals surface area contributed by atoms with E-state index in [0.29, 0.717) is 0 Å². The number of alkyl halides is 3. The average Bonchev–Trinajstić information content (AvgIpc) is 2.13. The molecule has 2 radical (unpaired) electrons. The second kappa shape index (κ2) is 6.54. The maximum absolute atomic E-state index is 11.9. The molecule has 0 fully saturated rings. The van der Waals surface area contributed by atoms with Crippen LogP contribution < -0.4 is 0 Å². The van der Waals surface area contributed by atoms with E-state index < -0.39 is 31.3 Å². The van der Waals surface area contributed by atoms with Gasteiger partial charge in [0.2, 0.25) is 0 Å². The SMILES string of the molecule is CCOC(OCC)[Si]OS(=O)(=O)C(F)(F)F. The highest BCUT2D eigenvalue weighted by molar-refractivity contribution is 7.88. The summed E-state index contributed by atoms with van der Waals surface area (Å²) in [6.07, 6.45) is 0. The van der Waals surface area contributed by atoms with E-state index in [1.165, 1.54) is 0 Å². The third-order valence-corrected chi connectivity index (χ3v) is 3.53. The summed E-state index contributed by atoms with van der Waals surface area (Å²) in [5.74, 6) is -1.10. The minimum atomic E-state index is -5.58. The molecule has 0 spiro atoms. The fourth-order valence-corrected chi connectivity index (χ4v) is 2.24. The van der Waals surface area contributed by atoms with Crippen molar-refractivity contribution in [2.45, 2.75) is 25.3 Å². The highest BCUT2D eigenvalue weighted by Crippen LogP contribution is 2.24. The van der Waals surface area contributed by atoms with Gasteiger partial charge in [-0.05, 0) is 13.8 Å². The molecule has 16 heavy (non-hydrogen) atoms. The van der Waals surface area contributed by atoms with Crippen molar-refractivity contribution in [3.8, 4) is 0 Å². The Morgan fingerprint density at radius 2 is 1.62 bits per heavy atom. The fraction of sp³-hybridized carbons (Fsp3) is 1.00. The van der Waals surface area contributed by atoms with Gasteiger partial charge in [-0.1, -0.05) is 0 Å². The summed E-state index contributed by atoms with van der Waals surface area (Å²) in [6.45, 7) is 3.53. The van der Waals surface area contributed by atoms with Crippen molar-refractivity contribution in [3.63, 3.8) is 0 Å². The third-order valence-electron chi connectivity index (χ3n) is 1.17. The fourth-order valence-electron chi connectivity index (χ4n) is 0.569. The molecule has 0 aliphatic heterocycles. The number of ether oxygens (including phenoxy) is 2. The molecule has 96 valence electrons. The molecule has 0 saturated heterocycles. The normalized spacial score (nSPS) is 13.4. The smallest absolute Gasteiger partial charge is 0.354 e. The van der Waals surface area contributed by atoms with Gasteiger partial charge in [0.05, 0.1) is 0 Å². The molecule has 5 nitrogen and oxygen atoms in total. The third kappa shape index (κ3) is 5.25. The summed E-state index contributed by atoms with van der Waals surface area (Å²) < 4.78 is 70.1. The summed E-state index contributed by atoms with van der Waals surface area (Å²) in [7, 11) is -6.67. The summed E-state index contributed by atoms with van der Waals surface area (Å²) in [5, 5.41) is 0. The average molecular weight is 280 g/mol. The van der Waals surface area contributed by atoms with Crippen LogP contribution in [0.1, 0.15) is 13.8 Å². The Kier molecular flexibility index (Phi) is 6.48. The van der Waals surface area contributed by atoms with Crippen LogP contribution >= 0.6 is 0 Å². The first-order chi connectivity index (χ1) is 7.24. The maximum atomic E-state index is 11.9. The molecule has 0 aliphatic rings. The molecule has 0 N–H and O–H groups in total. The van der Waals surface area contributed by atoms with E-state index in [1.807, 2.05) is 0 Å². The van der Waals surface area contributed by atoms with Crippen molar-refractivity contribution in [1.82, 2.24) is 0 Å². The monoisotopic (exact) mass is 280 g/mol. The molecule has 0 rings (SSSR count). The van der Waals surface area contributed by atoms with E-state index in [1.54, 1.807) is 13.8 Å². The molecule has 0 heterocycles. The van der Waals surface area contributed by atoms with Gasteiger partial charge in [0.25, 0.3) is 0 Å². The van der Waals surface area contributed by atoms with Crippen molar-refractivity contribution in [2.75, 3.05) is 13.2 Å². The lowest BCUT2D eigenvalue weighted by molar-refractivity contribution is -0.0884. The van der Waals surface area contributed by atoms with Crippen LogP contribution in [0.15, 0.2) is 0 Å². The number of hydrogen-bond acceptors (Lipinski definition) is 5. The van der Waals surface area contributed by atoms with E-state index in [2.05, 4.69) is 3.87 Å². The van der Waals surface area contributed by atoms with Gasteiger partial charge in [-0.2, -0.15) is 21.6 Å². The molecule has 0 aliphatic carbocycles. The van der Waals surface area contributed by atoms with Gasteiger partial charge in [0.15, 0.2) is 5.91 Å². The minimum absolute atomic E-state index is 0.174. The zero-order valence-corrected chi connectivity index (χ0v) is 10.4. The first-order valence-electron chi connectivity index (χ1n) is 4.23. The zero-order chi connectivity index (χ0) is 12.8. The lowest BCUT2D eigenvalue weighted by atomic mass is 10.9. The number of halogens is 3. The van der Waals surface area contributed by atoms with Crippen LogP contribution in [0.25, 0.3) is 0 Å². The summed E-state index contributed by atoms with van der Waals surface area (Å²) in [6, 6.07) is 0. The van der Waals surface area contributed by atoms with Gasteiger partial charge >= 0.3 is 25.4 Å². The van der Waals surface area contributed by atoms with Crippen LogP contribution in [0.5, 0.6) is 0 Å². The van der Waals surface area contributed by atoms with Crippen molar-refractivity contribution >= 4 is 19.9 Å². The van der Waals surface area contributed by atoms with Gasteiger partial charge in [0, 0.05) is 13.2 Å². The topological polar surface area (TPSA) is 61.8 Å². The molecule has 10 heteroatoms. The summed E-state index contributed by atoms with van der Waals surface area (Å²) >= 11 is 0. The predicted octanol–water partition coefficient (Wildman–Crippen LogP) is 0.828. The first kappa shape index (κ1) is 15.8. The van der Waals surface area contributed by atoms with Crippen LogP contribution in [-0.2, 0) is 23.5 Å². The quantitative estimate of drug-likeness (QED) is 0.393. The second-order valence-corrected chi connectivity index (χ2v) is 5.09. The molecule has 0 aromatic heterocycles. The van der Waals surface area contributed by atoms with Crippen LogP contribution in [0.4, 0.5) is 13.2 Å². The Balaban J connectivity index is 4.30. The Morgan fingerprint density at radius 1 is 1.19 bits per heavy atom. The van der Waals surface area contributed by atoms with Crippen molar-refractivity contribution < 1.29 is 34.9 Å². The predicted molar refractivity (Wildman–Crippen MR) is 48.9 cm³/mol. The lowest BCUT2D eigenvalue weighted by Gasteiger charge is -2.15. The first-order valence-corrected chi connectivity index (χ1v) is 6.62. The Labute approximate surface area is 93.9 Å². The Morgan fingerprint density at radius 3 is 1.94 bits per heavy atom. The van der Waals surface area contributed by atoms with Crippen LogP contribution in [-0.4, -0.2) is 42.8 Å². The zero-order valence-electron chi connectivity index (χ0n) is 8.57. The van der Waals surface area contributed by atoms with Crippen LogP contribution in [0.3, 0.4) is 0 Å². The van der Waals surface area contributed by atoms with Crippen molar-refractivity contribution in [3.05, 3.63) is 0 Å². The molecule has 0 bridgehead atoms. The minimum Gasteiger partial charge on any atom is -0.354 e. The van der Waals surface area contributed by atoms with Gasteiger partial charge in [-0.3, -0.25) is 0 Å². The van der Waals surface area contributed by atoms with E-state index in [4.69, 9.17) is 9.47 Å². The molecule has 0 aromatic rings. The Hall–Kier alpha value is -0.163. The van der Waals surface area contributed by atoms with Crippen molar-refractivity contribution in [1.29, 1.82) is 0 Å². The molecule has 0 aromatic carbocycles. The van der Waals surface area contributed by atoms with Crippen molar-refractivity contribution in [2.24, 2.45) is 0 Å². The maximum Gasteiger partial charge on any atom is 0.522 e. The lowest BCUT2D eigenvalue weighted by Crippen LogP contribution is -2.33. The van der Waals surface area contributed by atoms with E-state index in [9.17, 15) is 21.6 Å². The van der Waals surface area contributed by atoms with E-state index >= 15 is 0 Å². The van der Waals surface area contributed by atoms with E-state index in [-0.39, 0.29) is 13.2 Å². The molecule has 0 unspecified atom stereocenters. The van der Waals surface area contributed by atoms with E-state index in [0.717, 1.165) is 0 Å². The molecular weight excluding hydrogens is 269 g/mol. The summed E-state index contributed by atoms with van der Waals surface area (Å²) in [5.41, 5.74) is -5.43. The molecule has 0 amide bonds. The Bertz CT molecular complexity index is 285. The largest absolute Gasteiger partial charge is 0.522 e. The number of hydrogen-bond donors (Lipinski definition) is 0. The van der Waals surface area contributed by atoms with Crippen LogP contribution in [0.2, 0.25) is 0 Å². The molecule has 0 atom stereocenters. The summed E-state index contributed by atoms with van der Waals surface area (Å²) in [4.78, 5) is 0. The van der Waals surface area contributed by atoms with Gasteiger partial charge < -0.3 is 13.3 Å². The highest BCUT2D eigenvalue weighted by Gasteiger charge is 2.47.